The predicted octanol–water partition coefficient (Wildman–Crippen LogP) is 4.09. The maximum atomic E-state index is 13.5. The van der Waals surface area contributed by atoms with Crippen LogP contribution in [0.5, 0.6) is 0 Å². The second-order valence-electron chi connectivity index (χ2n) is 8.20. The van der Waals surface area contributed by atoms with Gasteiger partial charge >= 0.3 is 0 Å². The molecule has 0 N–H and O–H groups in total. The van der Waals surface area contributed by atoms with Gasteiger partial charge in [-0.05, 0) is 68.5 Å². The second kappa shape index (κ2) is 8.46. The summed E-state index contributed by atoms with van der Waals surface area (Å²) in [5.41, 5.74) is 5.97. The lowest BCUT2D eigenvalue weighted by Gasteiger charge is -2.34. The summed E-state index contributed by atoms with van der Waals surface area (Å²) >= 11 is 1.38. The molecule has 0 bridgehead atoms. The minimum absolute atomic E-state index is 0.178. The van der Waals surface area contributed by atoms with E-state index < -0.39 is 10.0 Å². The topological polar surface area (TPSA) is 83.7 Å². The van der Waals surface area contributed by atoms with Crippen LogP contribution in [0.3, 0.4) is 0 Å². The fraction of sp³-hybridized carbons (Fsp3) is 0.391. The molecule has 9 heteroatoms. The largest absolute Gasteiger partial charge is 0.472 e. The number of hydrogen-bond acceptors (Lipinski definition) is 6. The van der Waals surface area contributed by atoms with Crippen molar-refractivity contribution in [2.45, 2.75) is 39.5 Å². The highest BCUT2D eigenvalue weighted by Crippen LogP contribution is 2.32. The van der Waals surface area contributed by atoms with Crippen molar-refractivity contribution in [2.24, 2.45) is 0 Å². The van der Waals surface area contributed by atoms with Crippen LogP contribution in [0, 0.1) is 34.6 Å². The zero-order valence-electron chi connectivity index (χ0n) is 18.9. The van der Waals surface area contributed by atoms with E-state index in [1.807, 2.05) is 34.6 Å². The Morgan fingerprint density at radius 1 is 0.969 bits per heavy atom. The summed E-state index contributed by atoms with van der Waals surface area (Å²) in [6.45, 7) is 10.9. The first-order valence-electron chi connectivity index (χ1n) is 10.5. The van der Waals surface area contributed by atoms with Crippen LogP contribution in [0.15, 0.2) is 33.3 Å². The maximum Gasteiger partial charge on any atom is 0.273 e. The van der Waals surface area contributed by atoms with E-state index in [0.717, 1.165) is 38.4 Å². The van der Waals surface area contributed by atoms with E-state index in [9.17, 15) is 13.2 Å². The number of carbonyl (C=O) groups excluding carboxylic acids is 1. The van der Waals surface area contributed by atoms with Crippen molar-refractivity contribution in [1.29, 1.82) is 0 Å². The second-order valence-corrected chi connectivity index (χ2v) is 10.9. The van der Waals surface area contributed by atoms with Gasteiger partial charge in [0.05, 0.1) is 11.2 Å². The summed E-state index contributed by atoms with van der Waals surface area (Å²) in [6.07, 6.45) is 3.16. The Balaban J connectivity index is 1.51. The number of furan rings is 1. The molecule has 32 heavy (non-hydrogen) atoms. The van der Waals surface area contributed by atoms with Gasteiger partial charge < -0.3 is 9.32 Å². The van der Waals surface area contributed by atoms with E-state index in [4.69, 9.17) is 4.42 Å². The molecule has 0 radical (unpaired) electrons. The van der Waals surface area contributed by atoms with Gasteiger partial charge in [-0.1, -0.05) is 0 Å². The molecule has 0 aliphatic carbocycles. The number of thiazole rings is 1. The van der Waals surface area contributed by atoms with Gasteiger partial charge in [0.1, 0.15) is 17.0 Å². The number of piperazine rings is 1. The van der Waals surface area contributed by atoms with E-state index in [2.05, 4.69) is 4.98 Å². The van der Waals surface area contributed by atoms with Gasteiger partial charge in [0, 0.05) is 37.1 Å². The van der Waals surface area contributed by atoms with Gasteiger partial charge in [0.25, 0.3) is 5.91 Å². The van der Waals surface area contributed by atoms with E-state index in [1.165, 1.54) is 15.6 Å². The summed E-state index contributed by atoms with van der Waals surface area (Å²) in [4.78, 5) is 19.4. The molecule has 7 nitrogen and oxygen atoms in total. The molecule has 4 rings (SSSR count). The molecular weight excluding hydrogens is 446 g/mol. The number of sulfonamides is 1. The molecule has 3 heterocycles. The first-order valence-corrected chi connectivity index (χ1v) is 12.8. The molecule has 0 spiro atoms. The van der Waals surface area contributed by atoms with E-state index in [-0.39, 0.29) is 19.0 Å². The molecule has 170 valence electrons. The number of aromatic nitrogens is 1. The lowest BCUT2D eigenvalue weighted by molar-refractivity contribution is 0.0693. The molecule has 1 saturated heterocycles. The van der Waals surface area contributed by atoms with Crippen molar-refractivity contribution in [3.8, 4) is 10.6 Å². The van der Waals surface area contributed by atoms with E-state index in [1.54, 1.807) is 28.9 Å². The third-order valence-corrected chi connectivity index (χ3v) is 9.61. The number of nitrogens with zero attached hydrogens (tertiary/aromatic N) is 3. The fourth-order valence-corrected chi connectivity index (χ4v) is 6.93. The number of benzene rings is 1. The average molecular weight is 474 g/mol. The van der Waals surface area contributed by atoms with Gasteiger partial charge in [-0.3, -0.25) is 4.79 Å². The predicted molar refractivity (Wildman–Crippen MR) is 125 cm³/mol. The van der Waals surface area contributed by atoms with E-state index >= 15 is 0 Å². The molecular formula is C23H27N3O4S2. The van der Waals surface area contributed by atoms with Crippen molar-refractivity contribution in [2.75, 3.05) is 26.2 Å². The smallest absolute Gasteiger partial charge is 0.273 e. The van der Waals surface area contributed by atoms with Crippen LogP contribution in [-0.2, 0) is 10.0 Å². The Kier molecular flexibility index (Phi) is 6.00. The van der Waals surface area contributed by atoms with Crippen molar-refractivity contribution in [1.82, 2.24) is 14.2 Å². The van der Waals surface area contributed by atoms with Crippen LogP contribution in [0.25, 0.3) is 10.6 Å². The molecule has 1 aliphatic rings. The molecule has 1 aromatic carbocycles. The number of amides is 1. The van der Waals surface area contributed by atoms with Gasteiger partial charge in [-0.25, -0.2) is 13.4 Å². The van der Waals surface area contributed by atoms with Gasteiger partial charge in [-0.2, -0.15) is 4.31 Å². The highest BCUT2D eigenvalue weighted by Gasteiger charge is 2.34. The summed E-state index contributed by atoms with van der Waals surface area (Å²) in [5, 5.41) is 2.46. The van der Waals surface area contributed by atoms with Crippen LogP contribution >= 0.6 is 11.3 Å². The third-order valence-electron chi connectivity index (χ3n) is 6.55. The van der Waals surface area contributed by atoms with Crippen LogP contribution < -0.4 is 0 Å². The molecule has 1 fully saturated rings. The Labute approximate surface area is 192 Å². The Bertz CT molecular complexity index is 1240. The van der Waals surface area contributed by atoms with Crippen LogP contribution in [0.2, 0.25) is 0 Å². The molecule has 2 aromatic heterocycles. The van der Waals surface area contributed by atoms with Gasteiger partial charge in [-0.15, -0.1) is 11.3 Å². The zero-order chi connectivity index (χ0) is 23.2. The minimum Gasteiger partial charge on any atom is -0.472 e. The van der Waals surface area contributed by atoms with Crippen molar-refractivity contribution >= 4 is 27.3 Å². The van der Waals surface area contributed by atoms with Crippen LogP contribution in [0.4, 0.5) is 0 Å². The summed E-state index contributed by atoms with van der Waals surface area (Å²) in [6, 6.07) is 1.80. The normalized spacial score (nSPS) is 15.3. The molecule has 1 amide bonds. The number of hydrogen-bond donors (Lipinski definition) is 0. The van der Waals surface area contributed by atoms with Crippen molar-refractivity contribution in [3.63, 3.8) is 0 Å². The molecule has 0 atom stereocenters. The summed E-state index contributed by atoms with van der Waals surface area (Å²) in [7, 11) is -3.65. The Morgan fingerprint density at radius 2 is 1.56 bits per heavy atom. The van der Waals surface area contributed by atoms with Crippen LogP contribution in [-0.4, -0.2) is 54.7 Å². The quantitative estimate of drug-likeness (QED) is 0.570. The zero-order valence-corrected chi connectivity index (χ0v) is 20.6. The number of rotatable bonds is 4. The first-order chi connectivity index (χ1) is 15.1. The first kappa shape index (κ1) is 22.7. The lowest BCUT2D eigenvalue weighted by Crippen LogP contribution is -2.50. The Hall–Kier alpha value is -2.49. The Morgan fingerprint density at radius 3 is 2.12 bits per heavy atom. The third kappa shape index (κ3) is 3.78. The molecule has 0 saturated carbocycles. The molecule has 1 aliphatic heterocycles. The van der Waals surface area contributed by atoms with Gasteiger partial charge in [0.15, 0.2) is 0 Å². The molecule has 0 unspecified atom stereocenters. The minimum atomic E-state index is -3.65. The van der Waals surface area contributed by atoms with Crippen LogP contribution in [0.1, 0.15) is 38.3 Å². The standard InChI is InChI=1S/C23H27N3O4S2/c1-14-15(2)17(4)21(18(5)16(14)3)32(28,29)26-9-7-25(8-10-26)23(27)20-13-31-22(24-20)19-6-11-30-12-19/h6,11-13H,7-10H2,1-5H3. The average Bonchev–Trinajstić information content (AvgIpc) is 3.48. The van der Waals surface area contributed by atoms with Crippen molar-refractivity contribution in [3.05, 3.63) is 57.5 Å². The van der Waals surface area contributed by atoms with Crippen molar-refractivity contribution < 1.29 is 17.6 Å². The summed E-state index contributed by atoms with van der Waals surface area (Å²) < 4.78 is 33.6. The number of carbonyl (C=O) groups is 1. The maximum absolute atomic E-state index is 13.5. The SMILES string of the molecule is Cc1c(C)c(C)c(S(=O)(=O)N2CCN(C(=O)c3csc(-c4ccoc4)n3)CC2)c(C)c1C. The monoisotopic (exact) mass is 473 g/mol. The fourth-order valence-electron chi connectivity index (χ4n) is 4.17. The highest BCUT2D eigenvalue weighted by atomic mass is 32.2. The van der Waals surface area contributed by atoms with Gasteiger partial charge in [0.2, 0.25) is 10.0 Å². The molecule has 3 aromatic rings. The lowest BCUT2D eigenvalue weighted by atomic mass is 9.95. The highest BCUT2D eigenvalue weighted by molar-refractivity contribution is 7.89. The summed E-state index contributed by atoms with van der Waals surface area (Å²) in [5.74, 6) is -0.178. The van der Waals surface area contributed by atoms with E-state index in [0.29, 0.717) is 23.7 Å².